The van der Waals surface area contributed by atoms with Gasteiger partial charge in [0.25, 0.3) is 0 Å². The number of nitrogens with one attached hydrogen (secondary N) is 2. The number of ketones is 2. The van der Waals surface area contributed by atoms with E-state index in [1.54, 1.807) is 25.1 Å². The number of phenols is 1. The van der Waals surface area contributed by atoms with Gasteiger partial charge in [-0.2, -0.15) is 0 Å². The summed E-state index contributed by atoms with van der Waals surface area (Å²) in [6, 6.07) is 2.36. The summed E-state index contributed by atoms with van der Waals surface area (Å²) < 4.78 is 0. The molecule has 2 unspecified atom stereocenters. The first-order valence-corrected chi connectivity index (χ1v) is 11.7. The van der Waals surface area contributed by atoms with E-state index in [9.17, 15) is 34.8 Å². The number of fused-ring (bicyclic) bond motifs is 3. The van der Waals surface area contributed by atoms with Gasteiger partial charge in [-0.3, -0.25) is 25.2 Å². The molecular weight excluding hydrogens is 456 g/mol. The van der Waals surface area contributed by atoms with E-state index in [0.29, 0.717) is 25.1 Å². The van der Waals surface area contributed by atoms with Gasteiger partial charge in [0.2, 0.25) is 11.7 Å². The number of primary amides is 1. The van der Waals surface area contributed by atoms with Gasteiger partial charge >= 0.3 is 0 Å². The molecule has 188 valence electrons. The van der Waals surface area contributed by atoms with Gasteiger partial charge in [-0.15, -0.1) is 0 Å². The van der Waals surface area contributed by atoms with Crippen molar-refractivity contribution in [2.45, 2.75) is 36.5 Å². The molecule has 1 amide bonds. The van der Waals surface area contributed by atoms with Crippen LogP contribution in [0, 0.1) is 17.8 Å². The highest BCUT2D eigenvalue weighted by Gasteiger charge is 2.67. The fourth-order valence-electron chi connectivity index (χ4n) is 6.69. The molecule has 35 heavy (non-hydrogen) atoms. The summed E-state index contributed by atoms with van der Waals surface area (Å²) in [5, 5.41) is 44.4. The number of benzene rings is 1. The van der Waals surface area contributed by atoms with Crippen molar-refractivity contribution in [2.24, 2.45) is 23.5 Å². The lowest BCUT2D eigenvalue weighted by Gasteiger charge is -2.53. The Bertz CT molecular complexity index is 1160. The normalized spacial score (nSPS) is 35.2. The molecule has 1 saturated heterocycles. The number of amides is 1. The molecule has 1 heterocycles. The summed E-state index contributed by atoms with van der Waals surface area (Å²) in [6.45, 7) is 1.30. The Kier molecular flexibility index (Phi) is 5.53. The number of aliphatic hydroxyl groups excluding tert-OH is 2. The zero-order valence-electron chi connectivity index (χ0n) is 19.5. The number of nitrogens with zero attached hydrogens (tertiary/aromatic N) is 1. The van der Waals surface area contributed by atoms with E-state index in [1.807, 2.05) is 0 Å². The highest BCUT2D eigenvalue weighted by Crippen LogP contribution is 2.52. The van der Waals surface area contributed by atoms with Gasteiger partial charge < -0.3 is 31.1 Å². The van der Waals surface area contributed by atoms with Gasteiger partial charge in [0, 0.05) is 36.5 Å². The zero-order valence-corrected chi connectivity index (χ0v) is 19.5. The zero-order chi connectivity index (χ0) is 25.4. The van der Waals surface area contributed by atoms with Crippen LogP contribution in [0.2, 0.25) is 0 Å². The first-order chi connectivity index (χ1) is 16.5. The number of likely N-dealkylation sites (N-methyl/N-ethyl adjacent to an activating group) is 1. The second-order valence-electron chi connectivity index (χ2n) is 10.3. The Labute approximate surface area is 201 Å². The molecule has 0 aromatic heterocycles. The maximum atomic E-state index is 13.8. The lowest BCUT2D eigenvalue weighted by molar-refractivity contribution is -0.184. The molecule has 3 aliphatic carbocycles. The predicted octanol–water partition coefficient (Wildman–Crippen LogP) is -1.68. The molecule has 5 rings (SSSR count). The third-order valence-electron chi connectivity index (χ3n) is 8.27. The molecule has 8 N–H and O–H groups in total. The van der Waals surface area contributed by atoms with Crippen LogP contribution >= 0.6 is 0 Å². The fraction of sp³-hybridized carbons (Fsp3) is 0.542. The van der Waals surface area contributed by atoms with E-state index in [0.717, 1.165) is 5.56 Å². The second-order valence-corrected chi connectivity index (χ2v) is 10.3. The number of Topliss-reactive ketones (excluding diaryl/α,β-unsaturated/α-hetero) is 2. The molecule has 2 saturated carbocycles. The minimum atomic E-state index is -2.64. The number of hydrazine groups is 1. The van der Waals surface area contributed by atoms with Gasteiger partial charge in [0.1, 0.15) is 17.4 Å². The average Bonchev–Trinajstić information content (AvgIpc) is 3.30. The third kappa shape index (κ3) is 3.19. The second kappa shape index (κ2) is 8.10. The van der Waals surface area contributed by atoms with Crippen LogP contribution < -0.4 is 16.6 Å². The van der Waals surface area contributed by atoms with Gasteiger partial charge in [-0.25, -0.2) is 0 Å². The summed E-state index contributed by atoms with van der Waals surface area (Å²) in [5.74, 6) is -7.25. The van der Waals surface area contributed by atoms with Crippen LogP contribution in [0.1, 0.15) is 29.0 Å². The van der Waals surface area contributed by atoms with Crippen molar-refractivity contribution in [3.63, 3.8) is 0 Å². The number of aliphatic hydroxyl groups is 3. The molecule has 3 fully saturated rings. The van der Waals surface area contributed by atoms with Crippen molar-refractivity contribution in [3.05, 3.63) is 34.4 Å². The lowest BCUT2D eigenvalue weighted by atomic mass is 9.54. The van der Waals surface area contributed by atoms with E-state index < -0.39 is 58.7 Å². The molecule has 1 aliphatic heterocycles. The Balaban J connectivity index is 1.68. The van der Waals surface area contributed by atoms with Gasteiger partial charge in [-0.1, -0.05) is 6.07 Å². The van der Waals surface area contributed by atoms with Crippen LogP contribution in [0.15, 0.2) is 17.7 Å². The Hall–Kier alpha value is -2.83. The Morgan fingerprint density at radius 1 is 1.14 bits per heavy atom. The summed E-state index contributed by atoms with van der Waals surface area (Å²) in [4.78, 5) is 40.8. The minimum Gasteiger partial charge on any atom is -0.507 e. The van der Waals surface area contributed by atoms with E-state index in [2.05, 4.69) is 10.9 Å². The molecule has 0 bridgehead atoms. The van der Waals surface area contributed by atoms with Crippen LogP contribution in [0.5, 0.6) is 5.75 Å². The molecular formula is C24H30N4O7. The Morgan fingerprint density at radius 3 is 2.40 bits per heavy atom. The van der Waals surface area contributed by atoms with Crippen LogP contribution in [0.4, 0.5) is 0 Å². The average molecular weight is 487 g/mol. The highest BCUT2D eigenvalue weighted by atomic mass is 16.3. The number of carbonyl (C=O) groups is 3. The molecule has 0 radical (unpaired) electrons. The van der Waals surface area contributed by atoms with Gasteiger partial charge in [-0.05, 0) is 50.0 Å². The van der Waals surface area contributed by atoms with E-state index in [4.69, 9.17) is 5.73 Å². The molecule has 1 aromatic carbocycles. The molecule has 0 spiro atoms. The molecule has 4 aliphatic rings. The third-order valence-corrected chi connectivity index (χ3v) is 8.27. The predicted molar refractivity (Wildman–Crippen MR) is 123 cm³/mol. The summed E-state index contributed by atoms with van der Waals surface area (Å²) >= 11 is 0. The van der Waals surface area contributed by atoms with Crippen molar-refractivity contribution in [1.82, 2.24) is 15.8 Å². The Morgan fingerprint density at radius 2 is 1.80 bits per heavy atom. The van der Waals surface area contributed by atoms with Crippen LogP contribution in [0.25, 0.3) is 5.76 Å². The number of carbonyl (C=O) groups excluding carboxylic acids is 3. The first kappa shape index (κ1) is 23.9. The molecule has 1 aromatic rings. The van der Waals surface area contributed by atoms with Crippen molar-refractivity contribution in [1.29, 1.82) is 0 Å². The van der Waals surface area contributed by atoms with Crippen molar-refractivity contribution in [3.8, 4) is 5.75 Å². The van der Waals surface area contributed by atoms with Crippen molar-refractivity contribution >= 4 is 23.2 Å². The molecule has 6 atom stereocenters. The van der Waals surface area contributed by atoms with Gasteiger partial charge in [0.05, 0.1) is 11.7 Å². The highest BCUT2D eigenvalue weighted by molar-refractivity contribution is 6.25. The van der Waals surface area contributed by atoms with Crippen LogP contribution in [-0.2, 0) is 20.8 Å². The van der Waals surface area contributed by atoms with E-state index in [-0.39, 0.29) is 29.2 Å². The smallest absolute Gasteiger partial charge is 0.230 e. The summed E-state index contributed by atoms with van der Waals surface area (Å²) in [5.41, 5.74) is 10.5. The van der Waals surface area contributed by atoms with E-state index >= 15 is 0 Å². The largest absolute Gasteiger partial charge is 0.507 e. The standard InChI is InChI=1S/C24H30N4O7/c1-28(2)18-13-6-9-5-12-11(10-7-26-27-8-10)3-4-14(29)16(12)19(30)15(9)21(32)24(13,35)22(33)17(20(18)31)23(25)34/h3-4,9-10,13,17-18,20,26-27,29-31,35H,5-8H2,1-2H3,(H2,25,34)/t9-,13-,17?,18-,20?,24-/m0/s1. The summed E-state index contributed by atoms with van der Waals surface area (Å²) in [7, 11) is 3.25. The lowest BCUT2D eigenvalue weighted by Crippen LogP contribution is -2.73. The van der Waals surface area contributed by atoms with E-state index in [1.165, 1.54) is 6.07 Å². The fourth-order valence-corrected chi connectivity index (χ4v) is 6.69. The van der Waals surface area contributed by atoms with Crippen molar-refractivity contribution < 1.29 is 34.8 Å². The van der Waals surface area contributed by atoms with Crippen molar-refractivity contribution in [2.75, 3.05) is 27.2 Å². The topological polar surface area (TPSA) is 185 Å². The summed E-state index contributed by atoms with van der Waals surface area (Å²) in [6.07, 6.45) is -1.09. The number of hydrogen-bond acceptors (Lipinski definition) is 10. The maximum absolute atomic E-state index is 13.8. The number of hydrogen-bond donors (Lipinski definition) is 7. The number of aromatic hydroxyl groups is 1. The monoisotopic (exact) mass is 486 g/mol. The first-order valence-electron chi connectivity index (χ1n) is 11.7. The SMILES string of the molecule is CN(C)[C@@H]1C(O)C(C(N)=O)C(=O)[C@@]2(O)C(=O)C3=C(O)c4c(O)ccc(C5CNNC5)c4C[C@H]3C[C@@H]12. The minimum absolute atomic E-state index is 0.0823. The number of phenolic OH excluding ortho intramolecular Hbond substituents is 1. The molecule has 11 nitrogen and oxygen atoms in total. The quantitative estimate of drug-likeness (QED) is 0.243. The number of rotatable bonds is 3. The van der Waals surface area contributed by atoms with Gasteiger partial charge in [0.15, 0.2) is 11.4 Å². The van der Waals surface area contributed by atoms with Crippen LogP contribution in [-0.4, -0.2) is 87.7 Å². The molecule has 11 heteroatoms. The van der Waals surface area contributed by atoms with Crippen LogP contribution in [0.3, 0.4) is 0 Å². The number of nitrogens with two attached hydrogens (primary N) is 1. The maximum Gasteiger partial charge on any atom is 0.230 e.